The first kappa shape index (κ1) is 19.7. The summed E-state index contributed by atoms with van der Waals surface area (Å²) in [6.07, 6.45) is 1.35. The SMILES string of the molecule is CCOC(=O)c1ccccc1Nc1ncnc(Nc2ccc(Cl)c(Cl)c2)c1N. The average molecular weight is 418 g/mol. The second-order valence-electron chi connectivity index (χ2n) is 5.63. The van der Waals surface area contributed by atoms with Crippen LogP contribution in [-0.2, 0) is 4.74 Å². The molecule has 9 heteroatoms. The van der Waals surface area contributed by atoms with E-state index in [1.165, 1.54) is 6.33 Å². The standard InChI is InChI=1S/C19H17Cl2N5O2/c1-2-28-19(27)12-5-3-4-6-15(12)26-18-16(22)17(23-10-24-18)25-11-7-8-13(20)14(21)9-11/h3-10H,2,22H2,1H3,(H2,23,24,25,26). The number of carbonyl (C=O) groups excluding carboxylic acids is 1. The van der Waals surface area contributed by atoms with Crippen molar-refractivity contribution >= 4 is 57.9 Å². The molecule has 0 aliphatic carbocycles. The Morgan fingerprint density at radius 1 is 1.07 bits per heavy atom. The maximum atomic E-state index is 12.1. The third-order valence-corrected chi connectivity index (χ3v) is 4.48. The van der Waals surface area contributed by atoms with E-state index in [-0.39, 0.29) is 12.3 Å². The summed E-state index contributed by atoms with van der Waals surface area (Å²) in [5, 5.41) is 6.98. The van der Waals surface area contributed by atoms with Crippen LogP contribution in [0, 0.1) is 0 Å². The topological polar surface area (TPSA) is 102 Å². The van der Waals surface area contributed by atoms with Crippen LogP contribution in [0.5, 0.6) is 0 Å². The van der Waals surface area contributed by atoms with Crippen molar-refractivity contribution in [3.63, 3.8) is 0 Å². The van der Waals surface area contributed by atoms with Gasteiger partial charge in [-0.15, -0.1) is 0 Å². The molecule has 2 aromatic carbocycles. The molecule has 1 heterocycles. The molecule has 0 spiro atoms. The zero-order chi connectivity index (χ0) is 20.1. The number of anilines is 5. The number of hydrogen-bond donors (Lipinski definition) is 3. The van der Waals surface area contributed by atoms with Crippen molar-refractivity contribution in [3.8, 4) is 0 Å². The number of carbonyl (C=O) groups is 1. The Labute approximate surface area is 171 Å². The zero-order valence-corrected chi connectivity index (χ0v) is 16.4. The van der Waals surface area contributed by atoms with E-state index in [2.05, 4.69) is 20.6 Å². The lowest BCUT2D eigenvalue weighted by atomic mass is 10.2. The lowest BCUT2D eigenvalue weighted by Crippen LogP contribution is -2.10. The summed E-state index contributed by atoms with van der Waals surface area (Å²) in [7, 11) is 0. The average Bonchev–Trinajstić information content (AvgIpc) is 2.68. The van der Waals surface area contributed by atoms with Gasteiger partial charge < -0.3 is 21.1 Å². The minimum absolute atomic E-state index is 0.271. The molecule has 144 valence electrons. The van der Waals surface area contributed by atoms with E-state index in [0.29, 0.717) is 38.6 Å². The number of nitrogens with one attached hydrogen (secondary N) is 2. The molecule has 0 saturated carbocycles. The van der Waals surface area contributed by atoms with Crippen LogP contribution in [0.25, 0.3) is 0 Å². The number of ether oxygens (including phenoxy) is 1. The van der Waals surface area contributed by atoms with E-state index >= 15 is 0 Å². The van der Waals surface area contributed by atoms with Gasteiger partial charge >= 0.3 is 5.97 Å². The number of nitrogens with zero attached hydrogens (tertiary/aromatic N) is 2. The number of halogens is 2. The fourth-order valence-electron chi connectivity index (χ4n) is 2.41. The normalized spacial score (nSPS) is 10.4. The molecule has 28 heavy (non-hydrogen) atoms. The number of hydrogen-bond acceptors (Lipinski definition) is 7. The summed E-state index contributed by atoms with van der Waals surface area (Å²) in [5.41, 5.74) is 8.04. The second-order valence-corrected chi connectivity index (χ2v) is 6.44. The van der Waals surface area contributed by atoms with Crippen LogP contribution in [0.15, 0.2) is 48.8 Å². The molecule has 0 atom stereocenters. The molecule has 0 amide bonds. The first-order chi connectivity index (χ1) is 13.5. The summed E-state index contributed by atoms with van der Waals surface area (Å²) in [6, 6.07) is 12.0. The second kappa shape index (κ2) is 8.77. The van der Waals surface area contributed by atoms with Crippen LogP contribution >= 0.6 is 23.2 Å². The molecule has 3 aromatic rings. The monoisotopic (exact) mass is 417 g/mol. The van der Waals surface area contributed by atoms with Gasteiger partial charge in [-0.3, -0.25) is 0 Å². The molecule has 0 radical (unpaired) electrons. The number of nitrogens with two attached hydrogens (primary N) is 1. The molecule has 0 fully saturated rings. The molecule has 3 rings (SSSR count). The van der Waals surface area contributed by atoms with Crippen molar-refractivity contribution in [2.45, 2.75) is 6.92 Å². The summed E-state index contributed by atoms with van der Waals surface area (Å²) >= 11 is 12.0. The fourth-order valence-corrected chi connectivity index (χ4v) is 2.71. The van der Waals surface area contributed by atoms with Gasteiger partial charge in [-0.25, -0.2) is 14.8 Å². The highest BCUT2D eigenvalue weighted by Crippen LogP contribution is 2.31. The molecular weight excluding hydrogens is 401 g/mol. The van der Waals surface area contributed by atoms with Gasteiger partial charge in [-0.1, -0.05) is 35.3 Å². The summed E-state index contributed by atoms with van der Waals surface area (Å²) in [6.45, 7) is 2.03. The molecule has 7 nitrogen and oxygen atoms in total. The Morgan fingerprint density at radius 2 is 1.79 bits per heavy atom. The first-order valence-corrected chi connectivity index (χ1v) is 9.11. The quantitative estimate of drug-likeness (QED) is 0.483. The number of esters is 1. The van der Waals surface area contributed by atoms with Crippen LogP contribution in [0.2, 0.25) is 10.0 Å². The zero-order valence-electron chi connectivity index (χ0n) is 14.9. The predicted octanol–water partition coefficient (Wildman–Crippen LogP) is 5.03. The van der Waals surface area contributed by atoms with Crippen LogP contribution in [0.1, 0.15) is 17.3 Å². The van der Waals surface area contributed by atoms with Crippen LogP contribution in [-0.4, -0.2) is 22.5 Å². The van der Waals surface area contributed by atoms with Gasteiger partial charge in [0.25, 0.3) is 0 Å². The van der Waals surface area contributed by atoms with Gasteiger partial charge in [0, 0.05) is 5.69 Å². The number of nitrogen functional groups attached to an aromatic ring is 1. The summed E-state index contributed by atoms with van der Waals surface area (Å²) < 4.78 is 5.08. The van der Waals surface area contributed by atoms with Gasteiger partial charge in [0.1, 0.15) is 12.0 Å². The van der Waals surface area contributed by atoms with E-state index < -0.39 is 5.97 Å². The Morgan fingerprint density at radius 3 is 2.50 bits per heavy atom. The van der Waals surface area contributed by atoms with Crippen LogP contribution in [0.4, 0.5) is 28.7 Å². The van der Waals surface area contributed by atoms with E-state index in [9.17, 15) is 4.79 Å². The molecule has 0 bridgehead atoms. The van der Waals surface area contributed by atoms with Crippen molar-refractivity contribution in [1.29, 1.82) is 0 Å². The number of rotatable bonds is 6. The molecular formula is C19H17Cl2N5O2. The van der Waals surface area contributed by atoms with Gasteiger partial charge in [0.2, 0.25) is 0 Å². The number of para-hydroxylation sites is 1. The lowest BCUT2D eigenvalue weighted by molar-refractivity contribution is 0.0527. The third kappa shape index (κ3) is 4.44. The van der Waals surface area contributed by atoms with Gasteiger partial charge in [0.05, 0.1) is 27.9 Å². The molecule has 0 aliphatic heterocycles. The van der Waals surface area contributed by atoms with E-state index in [1.807, 2.05) is 0 Å². The highest BCUT2D eigenvalue weighted by atomic mass is 35.5. The van der Waals surface area contributed by atoms with Crippen molar-refractivity contribution < 1.29 is 9.53 Å². The summed E-state index contributed by atoms with van der Waals surface area (Å²) in [4.78, 5) is 20.5. The smallest absolute Gasteiger partial charge is 0.340 e. The van der Waals surface area contributed by atoms with Crippen LogP contribution < -0.4 is 16.4 Å². The van der Waals surface area contributed by atoms with Crippen LogP contribution in [0.3, 0.4) is 0 Å². The minimum atomic E-state index is -0.438. The van der Waals surface area contributed by atoms with Crippen molar-refractivity contribution in [1.82, 2.24) is 9.97 Å². The van der Waals surface area contributed by atoms with E-state index in [1.54, 1.807) is 49.4 Å². The van der Waals surface area contributed by atoms with Gasteiger partial charge in [-0.2, -0.15) is 0 Å². The number of aromatic nitrogens is 2. The van der Waals surface area contributed by atoms with Crippen molar-refractivity contribution in [2.75, 3.05) is 23.0 Å². The van der Waals surface area contributed by atoms with Crippen molar-refractivity contribution in [2.24, 2.45) is 0 Å². The molecule has 0 aliphatic rings. The lowest BCUT2D eigenvalue weighted by Gasteiger charge is -2.14. The molecule has 0 unspecified atom stereocenters. The van der Waals surface area contributed by atoms with Gasteiger partial charge in [-0.05, 0) is 37.3 Å². The Hall–Kier alpha value is -3.03. The Bertz CT molecular complexity index is 1010. The van der Waals surface area contributed by atoms with Crippen molar-refractivity contribution in [3.05, 3.63) is 64.4 Å². The van der Waals surface area contributed by atoms with Gasteiger partial charge in [0.15, 0.2) is 11.6 Å². The minimum Gasteiger partial charge on any atom is -0.462 e. The predicted molar refractivity (Wildman–Crippen MR) is 112 cm³/mol. The number of benzene rings is 2. The highest BCUT2D eigenvalue weighted by Gasteiger charge is 2.15. The third-order valence-electron chi connectivity index (χ3n) is 3.74. The summed E-state index contributed by atoms with van der Waals surface area (Å²) in [5.74, 6) is 0.284. The molecule has 1 aromatic heterocycles. The van der Waals surface area contributed by atoms with E-state index in [0.717, 1.165) is 0 Å². The molecule has 0 saturated heterocycles. The highest BCUT2D eigenvalue weighted by molar-refractivity contribution is 6.42. The van der Waals surface area contributed by atoms with E-state index in [4.69, 9.17) is 33.7 Å². The Balaban J connectivity index is 1.88. The first-order valence-electron chi connectivity index (χ1n) is 8.35. The maximum Gasteiger partial charge on any atom is 0.340 e. The Kier molecular flexibility index (Phi) is 6.18. The maximum absolute atomic E-state index is 12.1. The molecule has 4 N–H and O–H groups in total. The largest absolute Gasteiger partial charge is 0.462 e. The fraction of sp³-hybridized carbons (Fsp3) is 0.105.